The Hall–Kier alpha value is -1.68. The number of ether oxygens (including phenoxy) is 1. The Morgan fingerprint density at radius 2 is 2.00 bits per heavy atom. The van der Waals surface area contributed by atoms with Crippen LogP contribution in [0.2, 0.25) is 0 Å². The Labute approximate surface area is 125 Å². The average molecular weight is 337 g/mol. The van der Waals surface area contributed by atoms with Crippen LogP contribution in [0.1, 0.15) is 21.5 Å². The smallest absolute Gasteiger partial charge is 0.170 e. The van der Waals surface area contributed by atoms with Crippen molar-refractivity contribution < 1.29 is 13.9 Å². The molecular weight excluding hydrogens is 323 g/mol. The van der Waals surface area contributed by atoms with E-state index < -0.39 is 0 Å². The fourth-order valence-corrected chi connectivity index (χ4v) is 2.55. The first-order chi connectivity index (χ1) is 9.49. The molecule has 0 saturated heterocycles. The van der Waals surface area contributed by atoms with E-state index in [2.05, 4.69) is 15.9 Å². The van der Waals surface area contributed by atoms with Gasteiger partial charge in [-0.1, -0.05) is 27.6 Å². The van der Waals surface area contributed by atoms with Crippen molar-refractivity contribution in [2.75, 3.05) is 7.11 Å². The van der Waals surface area contributed by atoms with Gasteiger partial charge in [0.15, 0.2) is 5.78 Å². The van der Waals surface area contributed by atoms with E-state index in [0.717, 1.165) is 5.56 Å². The molecule has 2 aromatic carbocycles. The number of benzene rings is 2. The summed E-state index contributed by atoms with van der Waals surface area (Å²) in [6.45, 7) is 1.91. The van der Waals surface area contributed by atoms with Crippen LogP contribution in [0.15, 0.2) is 40.9 Å². The van der Waals surface area contributed by atoms with Crippen molar-refractivity contribution in [2.24, 2.45) is 0 Å². The molecule has 0 heterocycles. The number of halogens is 2. The van der Waals surface area contributed by atoms with Gasteiger partial charge in [-0.05, 0) is 42.8 Å². The highest BCUT2D eigenvalue weighted by Crippen LogP contribution is 2.23. The first kappa shape index (κ1) is 14.7. The van der Waals surface area contributed by atoms with Crippen LogP contribution in [0.25, 0.3) is 0 Å². The molecular formula is C16H14BrFO2. The lowest BCUT2D eigenvalue weighted by Crippen LogP contribution is -2.06. The normalized spacial score (nSPS) is 10.4. The molecule has 2 rings (SSSR count). The highest BCUT2D eigenvalue weighted by atomic mass is 79.9. The van der Waals surface area contributed by atoms with Crippen LogP contribution < -0.4 is 4.74 Å². The number of carbonyl (C=O) groups is 1. The molecule has 0 aliphatic rings. The van der Waals surface area contributed by atoms with Crippen molar-refractivity contribution in [3.05, 3.63) is 63.4 Å². The maximum atomic E-state index is 13.3. The van der Waals surface area contributed by atoms with Crippen molar-refractivity contribution in [2.45, 2.75) is 13.3 Å². The molecule has 0 bridgehead atoms. The van der Waals surface area contributed by atoms with E-state index in [0.29, 0.717) is 21.3 Å². The number of aryl methyl sites for hydroxylation is 1. The lowest BCUT2D eigenvalue weighted by molar-refractivity contribution is 0.0990. The van der Waals surface area contributed by atoms with Gasteiger partial charge in [0.1, 0.15) is 11.6 Å². The number of methoxy groups -OCH3 is 1. The van der Waals surface area contributed by atoms with Crippen molar-refractivity contribution in [1.29, 1.82) is 0 Å². The largest absolute Gasteiger partial charge is 0.496 e. The first-order valence-electron chi connectivity index (χ1n) is 6.12. The predicted molar refractivity (Wildman–Crippen MR) is 79.9 cm³/mol. The van der Waals surface area contributed by atoms with Gasteiger partial charge in [-0.3, -0.25) is 4.79 Å². The molecule has 4 heteroatoms. The zero-order valence-electron chi connectivity index (χ0n) is 11.2. The monoisotopic (exact) mass is 336 g/mol. The van der Waals surface area contributed by atoms with E-state index in [1.165, 1.54) is 19.2 Å². The predicted octanol–water partition coefficient (Wildman–Crippen LogP) is 4.33. The molecule has 0 unspecified atom stereocenters. The number of Topliss-reactive ketones (excluding diaryl/α,β-unsaturated/α-hetero) is 1. The molecule has 0 atom stereocenters. The highest BCUT2D eigenvalue weighted by Gasteiger charge is 2.14. The molecule has 0 radical (unpaired) electrons. The Morgan fingerprint density at radius 1 is 1.25 bits per heavy atom. The Kier molecular flexibility index (Phi) is 4.55. The summed E-state index contributed by atoms with van der Waals surface area (Å²) in [6, 6.07) is 9.91. The molecule has 0 saturated carbocycles. The molecule has 0 N–H and O–H groups in total. The van der Waals surface area contributed by atoms with E-state index in [4.69, 9.17) is 4.74 Å². The highest BCUT2D eigenvalue weighted by molar-refractivity contribution is 9.10. The SMILES string of the molecule is COc1ccc(C)cc1C(=O)Cc1cc(F)cc(Br)c1. The number of ketones is 1. The van der Waals surface area contributed by atoms with Gasteiger partial charge in [-0.25, -0.2) is 4.39 Å². The molecule has 0 aliphatic carbocycles. The fraction of sp³-hybridized carbons (Fsp3) is 0.188. The Morgan fingerprint density at radius 3 is 2.65 bits per heavy atom. The quantitative estimate of drug-likeness (QED) is 0.776. The molecule has 0 aromatic heterocycles. The van der Waals surface area contributed by atoms with Gasteiger partial charge in [-0.2, -0.15) is 0 Å². The van der Waals surface area contributed by atoms with Gasteiger partial charge in [-0.15, -0.1) is 0 Å². The summed E-state index contributed by atoms with van der Waals surface area (Å²) in [5.41, 5.74) is 2.13. The van der Waals surface area contributed by atoms with Gasteiger partial charge >= 0.3 is 0 Å². The molecule has 0 spiro atoms. The molecule has 0 fully saturated rings. The van der Waals surface area contributed by atoms with Crippen LogP contribution in [0, 0.1) is 12.7 Å². The summed E-state index contributed by atoms with van der Waals surface area (Å²) < 4.78 is 19.1. The van der Waals surface area contributed by atoms with Crippen LogP contribution in [0.5, 0.6) is 5.75 Å². The minimum absolute atomic E-state index is 0.0944. The molecule has 0 amide bonds. The Balaban J connectivity index is 2.30. The average Bonchev–Trinajstić information content (AvgIpc) is 2.37. The summed E-state index contributed by atoms with van der Waals surface area (Å²) in [6.07, 6.45) is 0.135. The summed E-state index contributed by atoms with van der Waals surface area (Å²) in [7, 11) is 1.53. The molecule has 20 heavy (non-hydrogen) atoms. The molecule has 0 aliphatic heterocycles. The third-order valence-corrected chi connectivity index (χ3v) is 3.40. The third kappa shape index (κ3) is 3.45. The number of hydrogen-bond donors (Lipinski definition) is 0. The second kappa shape index (κ2) is 6.18. The van der Waals surface area contributed by atoms with E-state index in [9.17, 15) is 9.18 Å². The second-order valence-electron chi connectivity index (χ2n) is 4.58. The van der Waals surface area contributed by atoms with Crippen LogP contribution in [-0.4, -0.2) is 12.9 Å². The zero-order chi connectivity index (χ0) is 14.7. The maximum Gasteiger partial charge on any atom is 0.170 e. The van der Waals surface area contributed by atoms with Gasteiger partial charge in [0, 0.05) is 10.9 Å². The van der Waals surface area contributed by atoms with Crippen molar-refractivity contribution in [3.8, 4) is 5.75 Å². The van der Waals surface area contributed by atoms with Crippen molar-refractivity contribution in [1.82, 2.24) is 0 Å². The van der Waals surface area contributed by atoms with E-state index in [1.54, 1.807) is 18.2 Å². The first-order valence-corrected chi connectivity index (χ1v) is 6.91. The van der Waals surface area contributed by atoms with Gasteiger partial charge in [0.05, 0.1) is 12.7 Å². The van der Waals surface area contributed by atoms with Crippen molar-refractivity contribution in [3.63, 3.8) is 0 Å². The summed E-state index contributed by atoms with van der Waals surface area (Å²) in [5.74, 6) is 0.0810. The maximum absolute atomic E-state index is 13.3. The second-order valence-corrected chi connectivity index (χ2v) is 5.50. The number of hydrogen-bond acceptors (Lipinski definition) is 2. The van der Waals surface area contributed by atoms with Crippen LogP contribution in [-0.2, 0) is 6.42 Å². The van der Waals surface area contributed by atoms with Gasteiger partial charge in [0.25, 0.3) is 0 Å². The lowest BCUT2D eigenvalue weighted by Gasteiger charge is -2.09. The number of rotatable bonds is 4. The zero-order valence-corrected chi connectivity index (χ0v) is 12.8. The number of carbonyl (C=O) groups excluding carboxylic acids is 1. The topological polar surface area (TPSA) is 26.3 Å². The lowest BCUT2D eigenvalue weighted by atomic mass is 10.0. The van der Waals surface area contributed by atoms with E-state index in [-0.39, 0.29) is 18.0 Å². The molecule has 104 valence electrons. The van der Waals surface area contributed by atoms with Crippen LogP contribution in [0.3, 0.4) is 0 Å². The summed E-state index contributed by atoms with van der Waals surface area (Å²) in [4.78, 5) is 12.4. The van der Waals surface area contributed by atoms with E-state index in [1.807, 2.05) is 13.0 Å². The minimum Gasteiger partial charge on any atom is -0.496 e. The van der Waals surface area contributed by atoms with Crippen LogP contribution >= 0.6 is 15.9 Å². The standard InChI is InChI=1S/C16H14BrFO2/c1-10-3-4-16(20-2)14(5-10)15(19)8-11-6-12(17)9-13(18)7-11/h3-7,9H,8H2,1-2H3. The van der Waals surface area contributed by atoms with Gasteiger partial charge in [0.2, 0.25) is 0 Å². The van der Waals surface area contributed by atoms with Gasteiger partial charge < -0.3 is 4.74 Å². The summed E-state index contributed by atoms with van der Waals surface area (Å²) >= 11 is 3.22. The third-order valence-electron chi connectivity index (χ3n) is 2.94. The summed E-state index contributed by atoms with van der Waals surface area (Å²) in [5, 5.41) is 0. The van der Waals surface area contributed by atoms with Crippen molar-refractivity contribution >= 4 is 21.7 Å². The molecule has 2 nitrogen and oxygen atoms in total. The minimum atomic E-state index is -0.363. The van der Waals surface area contributed by atoms with E-state index >= 15 is 0 Å². The van der Waals surface area contributed by atoms with Crippen LogP contribution in [0.4, 0.5) is 4.39 Å². The Bertz CT molecular complexity index is 633. The molecule has 2 aromatic rings. The fourth-order valence-electron chi connectivity index (χ4n) is 2.03.